The minimum absolute atomic E-state index is 0.143. The van der Waals surface area contributed by atoms with Crippen molar-refractivity contribution in [1.82, 2.24) is 4.57 Å². The molecule has 0 fully saturated rings. The number of unbranched alkanes of at least 4 members (excludes halogenated alkanes) is 1. The lowest BCUT2D eigenvalue weighted by Gasteiger charge is -2.16. The molecule has 0 aliphatic rings. The number of aromatic nitrogens is 1. The molecule has 0 spiro atoms. The maximum absolute atomic E-state index is 12.4. The van der Waals surface area contributed by atoms with E-state index >= 15 is 0 Å². The van der Waals surface area contributed by atoms with Crippen LogP contribution < -0.4 is 4.80 Å². The molecule has 1 unspecified atom stereocenters. The summed E-state index contributed by atoms with van der Waals surface area (Å²) in [5.41, 5.74) is 0.907. The standard InChI is InChI=1S/C18H24N2O3S/c1-4-7-12-16(21)19-18-20(13(5-2)17(22)23-6-3)14-10-8-9-11-15(14)24-18/h8-11,13H,4-7,12H2,1-3H3. The Hall–Kier alpha value is -1.95. The number of benzene rings is 1. The molecule has 130 valence electrons. The lowest BCUT2D eigenvalue weighted by molar-refractivity contribution is -0.147. The molecule has 6 heteroatoms. The van der Waals surface area contributed by atoms with Gasteiger partial charge in [-0.15, -0.1) is 0 Å². The summed E-state index contributed by atoms with van der Waals surface area (Å²) in [6, 6.07) is 7.31. The fourth-order valence-corrected chi connectivity index (χ4v) is 3.64. The number of nitrogens with zero attached hydrogens (tertiary/aromatic N) is 2. The molecule has 2 rings (SSSR count). The molecule has 0 aliphatic heterocycles. The summed E-state index contributed by atoms with van der Waals surface area (Å²) in [5.74, 6) is -0.429. The van der Waals surface area contributed by atoms with Gasteiger partial charge in [0.05, 0.1) is 16.8 Å². The van der Waals surface area contributed by atoms with E-state index in [2.05, 4.69) is 4.99 Å². The Bertz CT molecular complexity index is 776. The number of ether oxygens (including phenoxy) is 1. The number of hydrogen-bond donors (Lipinski definition) is 0. The van der Waals surface area contributed by atoms with E-state index in [1.54, 1.807) is 6.92 Å². The van der Waals surface area contributed by atoms with Gasteiger partial charge in [0, 0.05) is 6.42 Å². The molecule has 1 aromatic carbocycles. The number of carbonyl (C=O) groups excluding carboxylic acids is 2. The van der Waals surface area contributed by atoms with Crippen molar-refractivity contribution in [3.63, 3.8) is 0 Å². The summed E-state index contributed by atoms with van der Waals surface area (Å²) in [4.78, 5) is 29.3. The second-order valence-electron chi connectivity index (χ2n) is 5.51. The van der Waals surface area contributed by atoms with Gasteiger partial charge in [-0.3, -0.25) is 4.79 Å². The van der Waals surface area contributed by atoms with Gasteiger partial charge in [-0.25, -0.2) is 4.79 Å². The van der Waals surface area contributed by atoms with Crippen LogP contribution in [0.3, 0.4) is 0 Å². The van der Waals surface area contributed by atoms with Gasteiger partial charge in [0.1, 0.15) is 6.04 Å². The van der Waals surface area contributed by atoms with E-state index in [1.165, 1.54) is 11.3 Å². The minimum atomic E-state index is -0.473. The van der Waals surface area contributed by atoms with Gasteiger partial charge in [-0.05, 0) is 31.9 Å². The van der Waals surface area contributed by atoms with Gasteiger partial charge in [-0.1, -0.05) is 43.7 Å². The first-order valence-electron chi connectivity index (χ1n) is 8.46. The molecule has 1 atom stereocenters. The lowest BCUT2D eigenvalue weighted by atomic mass is 10.2. The summed E-state index contributed by atoms with van der Waals surface area (Å²) in [7, 11) is 0. The summed E-state index contributed by atoms with van der Waals surface area (Å²) in [6.45, 7) is 6.10. The average molecular weight is 348 g/mol. The van der Waals surface area contributed by atoms with Crippen LogP contribution in [0.15, 0.2) is 29.3 Å². The highest BCUT2D eigenvalue weighted by molar-refractivity contribution is 7.16. The molecule has 24 heavy (non-hydrogen) atoms. The van der Waals surface area contributed by atoms with Crippen LogP contribution in [0.1, 0.15) is 52.5 Å². The molecule has 0 radical (unpaired) electrons. The number of amides is 1. The van der Waals surface area contributed by atoms with Crippen LogP contribution in [0.2, 0.25) is 0 Å². The third-order valence-corrected chi connectivity index (χ3v) is 4.79. The third kappa shape index (κ3) is 4.12. The quantitative estimate of drug-likeness (QED) is 0.714. The molecule has 0 N–H and O–H groups in total. The van der Waals surface area contributed by atoms with Crippen LogP contribution in [0.25, 0.3) is 10.2 Å². The molecule has 1 aromatic heterocycles. The fourth-order valence-electron chi connectivity index (χ4n) is 2.55. The Morgan fingerprint density at radius 1 is 1.25 bits per heavy atom. The van der Waals surface area contributed by atoms with Crippen LogP contribution in [0, 0.1) is 0 Å². The van der Waals surface area contributed by atoms with Crippen LogP contribution in [-0.4, -0.2) is 23.1 Å². The zero-order valence-electron chi connectivity index (χ0n) is 14.4. The Morgan fingerprint density at radius 3 is 2.67 bits per heavy atom. The van der Waals surface area contributed by atoms with E-state index in [0.29, 0.717) is 24.2 Å². The maximum atomic E-state index is 12.4. The molecule has 1 heterocycles. The van der Waals surface area contributed by atoms with Crippen molar-refractivity contribution in [2.75, 3.05) is 6.61 Å². The van der Waals surface area contributed by atoms with E-state index in [0.717, 1.165) is 23.1 Å². The minimum Gasteiger partial charge on any atom is -0.464 e. The van der Waals surface area contributed by atoms with Crippen molar-refractivity contribution >= 4 is 33.4 Å². The highest BCUT2D eigenvalue weighted by atomic mass is 32.1. The van der Waals surface area contributed by atoms with Gasteiger partial charge in [-0.2, -0.15) is 4.99 Å². The van der Waals surface area contributed by atoms with Gasteiger partial charge >= 0.3 is 5.97 Å². The van der Waals surface area contributed by atoms with Crippen LogP contribution in [0.5, 0.6) is 0 Å². The molecule has 0 aliphatic carbocycles. The normalized spacial score (nSPS) is 13.2. The summed E-state index contributed by atoms with van der Waals surface area (Å²) < 4.78 is 8.06. The molecular formula is C18H24N2O3S. The van der Waals surface area contributed by atoms with Crippen molar-refractivity contribution in [3.05, 3.63) is 29.1 Å². The second kappa shape index (κ2) is 8.78. The first kappa shape index (κ1) is 18.4. The predicted molar refractivity (Wildman–Crippen MR) is 95.9 cm³/mol. The Kier molecular flexibility index (Phi) is 6.73. The largest absolute Gasteiger partial charge is 0.464 e. The molecule has 0 bridgehead atoms. The lowest BCUT2D eigenvalue weighted by Crippen LogP contribution is -2.29. The smallest absolute Gasteiger partial charge is 0.329 e. The monoisotopic (exact) mass is 348 g/mol. The van der Waals surface area contributed by atoms with E-state index in [-0.39, 0.29) is 11.9 Å². The Labute approximate surface area is 146 Å². The number of fused-ring (bicyclic) bond motifs is 1. The first-order chi connectivity index (χ1) is 11.6. The third-order valence-electron chi connectivity index (χ3n) is 3.75. The van der Waals surface area contributed by atoms with Gasteiger partial charge in [0.15, 0.2) is 4.80 Å². The van der Waals surface area contributed by atoms with Crippen molar-refractivity contribution in [3.8, 4) is 0 Å². The number of esters is 1. The van der Waals surface area contributed by atoms with Crippen LogP contribution in [0.4, 0.5) is 0 Å². The highest BCUT2D eigenvalue weighted by Crippen LogP contribution is 2.23. The van der Waals surface area contributed by atoms with E-state index in [1.807, 2.05) is 42.7 Å². The molecular weight excluding hydrogens is 324 g/mol. The highest BCUT2D eigenvalue weighted by Gasteiger charge is 2.23. The van der Waals surface area contributed by atoms with Gasteiger partial charge < -0.3 is 9.30 Å². The number of rotatable bonds is 7. The van der Waals surface area contributed by atoms with Crippen molar-refractivity contribution in [2.45, 2.75) is 52.5 Å². The van der Waals surface area contributed by atoms with Crippen LogP contribution in [-0.2, 0) is 14.3 Å². The fraction of sp³-hybridized carbons (Fsp3) is 0.500. The van der Waals surface area contributed by atoms with Crippen LogP contribution >= 0.6 is 11.3 Å². The number of thiazole rings is 1. The van der Waals surface area contributed by atoms with Crippen molar-refractivity contribution in [2.24, 2.45) is 4.99 Å². The van der Waals surface area contributed by atoms with E-state index in [9.17, 15) is 9.59 Å². The summed E-state index contributed by atoms with van der Waals surface area (Å²) >= 11 is 1.43. The molecule has 5 nitrogen and oxygen atoms in total. The average Bonchev–Trinajstić information content (AvgIpc) is 2.92. The molecule has 2 aromatic rings. The Morgan fingerprint density at radius 2 is 2.00 bits per heavy atom. The molecule has 0 saturated carbocycles. The zero-order chi connectivity index (χ0) is 17.5. The predicted octanol–water partition coefficient (Wildman–Crippen LogP) is 3.83. The van der Waals surface area contributed by atoms with Gasteiger partial charge in [0.2, 0.25) is 5.91 Å². The Balaban J connectivity index is 2.56. The summed E-state index contributed by atoms with van der Waals surface area (Å²) in [5, 5.41) is 0. The second-order valence-corrected chi connectivity index (χ2v) is 6.52. The number of para-hydroxylation sites is 1. The van der Waals surface area contributed by atoms with Crippen molar-refractivity contribution in [1.29, 1.82) is 0 Å². The van der Waals surface area contributed by atoms with Gasteiger partial charge in [0.25, 0.3) is 0 Å². The summed E-state index contributed by atoms with van der Waals surface area (Å²) in [6.07, 6.45) is 2.78. The molecule has 0 saturated heterocycles. The first-order valence-corrected chi connectivity index (χ1v) is 9.28. The SMILES string of the molecule is CCCCC(=O)N=c1sc2ccccc2n1C(CC)C(=O)OCC. The number of hydrogen-bond acceptors (Lipinski definition) is 4. The van der Waals surface area contributed by atoms with Crippen molar-refractivity contribution < 1.29 is 14.3 Å². The number of carbonyl (C=O) groups is 2. The maximum Gasteiger partial charge on any atom is 0.329 e. The van der Waals surface area contributed by atoms with E-state index < -0.39 is 6.04 Å². The molecule has 1 amide bonds. The topological polar surface area (TPSA) is 60.7 Å². The zero-order valence-corrected chi connectivity index (χ0v) is 15.3. The van der Waals surface area contributed by atoms with E-state index in [4.69, 9.17) is 4.74 Å².